The Morgan fingerprint density at radius 2 is 1.57 bits per heavy atom. The molecular weight excluding hydrogens is 562 g/mol. The zero-order chi connectivity index (χ0) is 30.8. The van der Waals surface area contributed by atoms with Crippen molar-refractivity contribution in [2.75, 3.05) is 19.8 Å². The van der Waals surface area contributed by atoms with E-state index in [9.17, 15) is 45.6 Å². The van der Waals surface area contributed by atoms with Gasteiger partial charge in [-0.2, -0.15) is 0 Å². The van der Waals surface area contributed by atoms with Crippen LogP contribution in [0.25, 0.3) is 0 Å². The predicted molar refractivity (Wildman–Crippen MR) is 141 cm³/mol. The highest BCUT2D eigenvalue weighted by atomic mass is 16.7. The van der Waals surface area contributed by atoms with Crippen molar-refractivity contribution in [1.82, 2.24) is 5.32 Å². The lowest BCUT2D eigenvalue weighted by Crippen LogP contribution is -2.65. The molecule has 0 saturated carbocycles. The first kappa shape index (κ1) is 34.2. The lowest BCUT2D eigenvalue weighted by molar-refractivity contribution is -0.359. The van der Waals surface area contributed by atoms with Crippen molar-refractivity contribution >= 4 is 6.09 Å². The van der Waals surface area contributed by atoms with Gasteiger partial charge >= 0.3 is 6.09 Å². The molecule has 15 heteroatoms. The summed E-state index contributed by atoms with van der Waals surface area (Å²) in [5.74, 6) is 0. The number of allylic oxidation sites excluding steroid dienone is 1. The minimum atomic E-state index is -1.80. The zero-order valence-electron chi connectivity index (χ0n) is 23.0. The van der Waals surface area contributed by atoms with Gasteiger partial charge < -0.3 is 69.9 Å². The molecule has 0 aromatic heterocycles. The van der Waals surface area contributed by atoms with Gasteiger partial charge in [-0.25, -0.2) is 4.79 Å². The lowest BCUT2D eigenvalue weighted by Gasteiger charge is -2.46. The monoisotopic (exact) mass is 603 g/mol. The number of benzene rings is 1. The Balaban J connectivity index is 1.63. The molecular formula is C27H41NO14. The number of hydrogen-bond acceptors (Lipinski definition) is 14. The zero-order valence-corrected chi connectivity index (χ0v) is 23.0. The normalized spacial score (nSPS) is 35.1. The number of aliphatic hydroxyl groups excluding tert-OH is 8. The SMILES string of the molecule is CC/C=C/[C@@H](O)[C@H](COC1OC(CO)[C@@H](OC2OC(CO)[C@H](O)[C@H](O)[C@@H]2O)[C@H](O)[C@@H]1O)NC(=O)OCc1ccccc1. The maximum Gasteiger partial charge on any atom is 0.407 e. The molecule has 2 heterocycles. The van der Waals surface area contributed by atoms with Crippen molar-refractivity contribution in [3.63, 3.8) is 0 Å². The summed E-state index contributed by atoms with van der Waals surface area (Å²) in [6, 6.07) is 7.86. The number of carbonyl (C=O) groups is 1. The molecule has 3 rings (SSSR count). The van der Waals surface area contributed by atoms with Crippen LogP contribution in [0.3, 0.4) is 0 Å². The fraction of sp³-hybridized carbons (Fsp3) is 0.667. The first-order valence-electron chi connectivity index (χ1n) is 13.6. The summed E-state index contributed by atoms with van der Waals surface area (Å²) in [7, 11) is 0. The highest BCUT2D eigenvalue weighted by Gasteiger charge is 2.50. The summed E-state index contributed by atoms with van der Waals surface area (Å²) in [6.45, 7) is -0.0558. The Morgan fingerprint density at radius 3 is 2.21 bits per heavy atom. The van der Waals surface area contributed by atoms with Gasteiger partial charge in [-0.3, -0.25) is 0 Å². The lowest BCUT2D eigenvalue weighted by atomic mass is 9.97. The summed E-state index contributed by atoms with van der Waals surface area (Å²) in [5.41, 5.74) is 0.745. The Labute approximate surface area is 242 Å². The van der Waals surface area contributed by atoms with Crippen molar-refractivity contribution < 1.29 is 69.3 Å². The van der Waals surface area contributed by atoms with E-state index in [1.807, 2.05) is 13.0 Å². The Bertz CT molecular complexity index is 965. The van der Waals surface area contributed by atoms with Crippen LogP contribution >= 0.6 is 0 Å². The predicted octanol–water partition coefficient (Wildman–Crippen LogP) is -2.75. The van der Waals surface area contributed by atoms with Crippen LogP contribution in [0.15, 0.2) is 42.5 Å². The van der Waals surface area contributed by atoms with E-state index >= 15 is 0 Å². The second-order valence-electron chi connectivity index (χ2n) is 9.98. The summed E-state index contributed by atoms with van der Waals surface area (Å²) >= 11 is 0. The van der Waals surface area contributed by atoms with Gasteiger partial charge in [0, 0.05) is 0 Å². The highest BCUT2D eigenvalue weighted by molar-refractivity contribution is 5.67. The quantitative estimate of drug-likeness (QED) is 0.104. The molecule has 0 radical (unpaired) electrons. The molecule has 2 aliphatic rings. The van der Waals surface area contributed by atoms with Crippen LogP contribution in [0.1, 0.15) is 18.9 Å². The van der Waals surface area contributed by atoms with Gasteiger partial charge in [0.25, 0.3) is 0 Å². The van der Waals surface area contributed by atoms with Crippen molar-refractivity contribution in [3.8, 4) is 0 Å². The van der Waals surface area contributed by atoms with E-state index in [-0.39, 0.29) is 6.61 Å². The molecule has 4 unspecified atom stereocenters. The average Bonchev–Trinajstić information content (AvgIpc) is 3.00. The van der Waals surface area contributed by atoms with Crippen molar-refractivity contribution in [3.05, 3.63) is 48.0 Å². The van der Waals surface area contributed by atoms with Gasteiger partial charge in [0.1, 0.15) is 55.4 Å². The number of amides is 1. The molecule has 0 spiro atoms. The molecule has 2 saturated heterocycles. The number of ether oxygens (including phenoxy) is 5. The smallest absolute Gasteiger partial charge is 0.407 e. The summed E-state index contributed by atoms with van der Waals surface area (Å²) in [6.07, 6.45) is -14.5. The van der Waals surface area contributed by atoms with Crippen LogP contribution in [-0.4, -0.2) is 140 Å². The minimum absolute atomic E-state index is 0.0220. The van der Waals surface area contributed by atoms with Gasteiger partial charge in [-0.1, -0.05) is 49.4 Å². The molecule has 1 aromatic rings. The van der Waals surface area contributed by atoms with E-state index in [1.54, 1.807) is 30.3 Å². The molecule has 1 aromatic carbocycles. The van der Waals surface area contributed by atoms with Crippen LogP contribution in [0.4, 0.5) is 4.79 Å². The Hall–Kier alpha value is -2.25. The van der Waals surface area contributed by atoms with Crippen molar-refractivity contribution in [2.45, 2.75) is 93.5 Å². The van der Waals surface area contributed by atoms with Gasteiger partial charge in [-0.15, -0.1) is 0 Å². The standard InChI is InChI=1S/C27H41NO14/c1-2-3-9-16(31)15(28-27(37)39-12-14-7-5-4-6-8-14)13-38-25-23(36)21(34)24(18(11-30)41-25)42-26-22(35)20(33)19(32)17(10-29)40-26/h3-9,15-26,29-36H,2,10-13H2,1H3,(H,28,37)/b9-3+/t15-,16+,17?,18?,19-,20-,21+,22-,23-,24+,25?,26?/m0/s1. The van der Waals surface area contributed by atoms with Crippen LogP contribution in [0.2, 0.25) is 0 Å². The third-order valence-electron chi connectivity index (χ3n) is 6.90. The molecule has 12 atom stereocenters. The Kier molecular flexibility index (Phi) is 13.5. The second kappa shape index (κ2) is 16.6. The highest BCUT2D eigenvalue weighted by Crippen LogP contribution is 2.29. The van der Waals surface area contributed by atoms with Gasteiger partial charge in [0.05, 0.1) is 32.0 Å². The Morgan fingerprint density at radius 1 is 0.929 bits per heavy atom. The van der Waals surface area contributed by atoms with Crippen molar-refractivity contribution in [1.29, 1.82) is 0 Å². The molecule has 238 valence electrons. The third kappa shape index (κ3) is 8.89. The number of aliphatic hydroxyl groups is 8. The van der Waals surface area contributed by atoms with E-state index in [4.69, 9.17) is 23.7 Å². The van der Waals surface area contributed by atoms with Gasteiger partial charge in [-0.05, 0) is 12.0 Å². The van der Waals surface area contributed by atoms with E-state index in [0.29, 0.717) is 6.42 Å². The van der Waals surface area contributed by atoms with E-state index in [0.717, 1.165) is 5.56 Å². The number of nitrogens with one attached hydrogen (secondary N) is 1. The maximum atomic E-state index is 12.4. The fourth-order valence-corrected chi connectivity index (χ4v) is 4.44. The number of rotatable bonds is 13. The van der Waals surface area contributed by atoms with E-state index < -0.39 is 99.5 Å². The third-order valence-corrected chi connectivity index (χ3v) is 6.90. The maximum absolute atomic E-state index is 12.4. The molecule has 15 nitrogen and oxygen atoms in total. The van der Waals surface area contributed by atoms with Gasteiger partial charge in [0.2, 0.25) is 0 Å². The van der Waals surface area contributed by atoms with Crippen LogP contribution in [-0.2, 0) is 30.3 Å². The van der Waals surface area contributed by atoms with E-state index in [1.165, 1.54) is 6.08 Å². The molecule has 2 aliphatic heterocycles. The molecule has 42 heavy (non-hydrogen) atoms. The fourth-order valence-electron chi connectivity index (χ4n) is 4.44. The molecule has 9 N–H and O–H groups in total. The average molecular weight is 604 g/mol. The summed E-state index contributed by atoms with van der Waals surface area (Å²) in [5, 5.41) is 84.1. The van der Waals surface area contributed by atoms with Crippen LogP contribution < -0.4 is 5.32 Å². The number of carbonyl (C=O) groups excluding carboxylic acids is 1. The van der Waals surface area contributed by atoms with Crippen LogP contribution in [0.5, 0.6) is 0 Å². The van der Waals surface area contributed by atoms with Gasteiger partial charge in [0.15, 0.2) is 12.6 Å². The first-order valence-corrected chi connectivity index (χ1v) is 13.6. The summed E-state index contributed by atoms with van der Waals surface area (Å²) in [4.78, 5) is 12.4. The van der Waals surface area contributed by atoms with E-state index in [2.05, 4.69) is 5.32 Å². The number of hydrogen-bond donors (Lipinski definition) is 9. The largest absolute Gasteiger partial charge is 0.445 e. The topological polar surface area (TPSA) is 237 Å². The first-order chi connectivity index (χ1) is 20.1. The molecule has 0 bridgehead atoms. The number of alkyl carbamates (subject to hydrolysis) is 1. The minimum Gasteiger partial charge on any atom is -0.445 e. The molecule has 2 fully saturated rings. The molecule has 0 aliphatic carbocycles. The summed E-state index contributed by atoms with van der Waals surface area (Å²) < 4.78 is 27.2. The second-order valence-corrected chi connectivity index (χ2v) is 9.98. The van der Waals surface area contributed by atoms with Crippen molar-refractivity contribution in [2.24, 2.45) is 0 Å². The molecule has 1 amide bonds. The van der Waals surface area contributed by atoms with Crippen LogP contribution in [0, 0.1) is 0 Å².